The number of rotatable bonds is 2. The third-order valence-corrected chi connectivity index (χ3v) is 6.28. The Kier molecular flexibility index (Phi) is 4.82. The Hall–Kier alpha value is -0.820. The normalized spacial score (nSPS) is 17.0. The van der Waals surface area contributed by atoms with Crippen molar-refractivity contribution in [2.24, 2.45) is 0 Å². The van der Waals surface area contributed by atoms with Gasteiger partial charge in [-0.05, 0) is 24.6 Å². The number of piperazine rings is 1. The molecular weight excluding hydrogens is 335 g/mol. The Bertz CT molecular complexity index is 668. The molecule has 0 spiro atoms. The first kappa shape index (κ1) is 16.5. The molecule has 0 aliphatic carbocycles. The first-order chi connectivity index (χ1) is 9.73. The minimum absolute atomic E-state index is 0.0437. The van der Waals surface area contributed by atoms with Gasteiger partial charge in [-0.1, -0.05) is 23.2 Å². The number of nitrogens with zero attached hydrogens (tertiary/aromatic N) is 2. The van der Waals surface area contributed by atoms with E-state index in [1.54, 1.807) is 17.9 Å². The molecule has 0 bridgehead atoms. The van der Waals surface area contributed by atoms with E-state index in [1.807, 2.05) is 0 Å². The van der Waals surface area contributed by atoms with E-state index in [2.05, 4.69) is 0 Å². The summed E-state index contributed by atoms with van der Waals surface area (Å²) in [5.74, 6) is -0.0437. The molecule has 0 atom stereocenters. The Balaban J connectivity index is 2.28. The van der Waals surface area contributed by atoms with Gasteiger partial charge in [0.2, 0.25) is 15.9 Å². The van der Waals surface area contributed by atoms with Crippen LogP contribution in [-0.2, 0) is 14.8 Å². The van der Waals surface area contributed by atoms with Crippen LogP contribution in [0.2, 0.25) is 10.0 Å². The largest absolute Gasteiger partial charge is 0.340 e. The summed E-state index contributed by atoms with van der Waals surface area (Å²) in [7, 11) is -3.63. The van der Waals surface area contributed by atoms with Crippen LogP contribution >= 0.6 is 23.2 Å². The predicted octanol–water partition coefficient (Wildman–Crippen LogP) is 2.15. The number of aryl methyl sites for hydroxylation is 1. The first-order valence-corrected chi connectivity index (χ1v) is 8.64. The van der Waals surface area contributed by atoms with Crippen molar-refractivity contribution in [2.75, 3.05) is 26.2 Å². The standard InChI is InChI=1S/C13H16Cl2N2O3S/c1-9-7-11(14)12(15)8-13(9)21(19,20)17-5-3-16(4-6-17)10(2)18/h7-8H,3-6H2,1-2H3. The van der Waals surface area contributed by atoms with Crippen molar-refractivity contribution in [3.8, 4) is 0 Å². The van der Waals surface area contributed by atoms with Crippen LogP contribution in [0.25, 0.3) is 0 Å². The van der Waals surface area contributed by atoms with E-state index in [0.717, 1.165) is 0 Å². The molecule has 5 nitrogen and oxygen atoms in total. The quantitative estimate of drug-likeness (QED) is 0.821. The summed E-state index contributed by atoms with van der Waals surface area (Å²) in [5.41, 5.74) is 0.554. The number of carbonyl (C=O) groups excluding carboxylic acids is 1. The second kappa shape index (κ2) is 6.12. The number of halogens is 2. The molecule has 0 aromatic heterocycles. The number of hydrogen-bond donors (Lipinski definition) is 0. The number of sulfonamides is 1. The van der Waals surface area contributed by atoms with E-state index < -0.39 is 10.0 Å². The summed E-state index contributed by atoms with van der Waals surface area (Å²) in [6, 6.07) is 2.93. The summed E-state index contributed by atoms with van der Waals surface area (Å²) in [5, 5.41) is 0.540. The van der Waals surface area contributed by atoms with Crippen LogP contribution in [0.3, 0.4) is 0 Å². The van der Waals surface area contributed by atoms with Gasteiger partial charge in [0.1, 0.15) is 0 Å². The summed E-state index contributed by atoms with van der Waals surface area (Å²) >= 11 is 11.8. The van der Waals surface area contributed by atoms with E-state index in [-0.39, 0.29) is 28.9 Å². The highest BCUT2D eigenvalue weighted by molar-refractivity contribution is 7.89. The van der Waals surface area contributed by atoms with Gasteiger partial charge in [-0.3, -0.25) is 4.79 Å². The van der Waals surface area contributed by atoms with E-state index in [0.29, 0.717) is 23.7 Å². The van der Waals surface area contributed by atoms with Crippen molar-refractivity contribution in [1.29, 1.82) is 0 Å². The second-order valence-electron chi connectivity index (χ2n) is 4.94. The number of hydrogen-bond acceptors (Lipinski definition) is 3. The average Bonchev–Trinajstić information content (AvgIpc) is 2.42. The minimum atomic E-state index is -3.63. The van der Waals surface area contributed by atoms with Gasteiger partial charge in [-0.2, -0.15) is 4.31 Å². The number of amides is 1. The molecule has 2 rings (SSSR count). The second-order valence-corrected chi connectivity index (χ2v) is 7.66. The minimum Gasteiger partial charge on any atom is -0.340 e. The molecule has 0 saturated carbocycles. The molecule has 116 valence electrons. The first-order valence-electron chi connectivity index (χ1n) is 6.45. The summed E-state index contributed by atoms with van der Waals surface area (Å²) in [6.07, 6.45) is 0. The Labute approximate surface area is 134 Å². The lowest BCUT2D eigenvalue weighted by Crippen LogP contribution is -2.50. The van der Waals surface area contributed by atoms with Gasteiger partial charge in [-0.25, -0.2) is 8.42 Å². The number of benzene rings is 1. The van der Waals surface area contributed by atoms with Gasteiger partial charge in [0, 0.05) is 33.1 Å². The Morgan fingerprint density at radius 2 is 1.62 bits per heavy atom. The molecule has 1 heterocycles. The predicted molar refractivity (Wildman–Crippen MR) is 82.2 cm³/mol. The van der Waals surface area contributed by atoms with Gasteiger partial charge in [0.15, 0.2) is 0 Å². The van der Waals surface area contributed by atoms with E-state index in [4.69, 9.17) is 23.2 Å². The van der Waals surface area contributed by atoms with Crippen molar-refractivity contribution in [3.63, 3.8) is 0 Å². The van der Waals surface area contributed by atoms with Gasteiger partial charge in [0.25, 0.3) is 0 Å². The van der Waals surface area contributed by atoms with Crippen LogP contribution in [0.1, 0.15) is 12.5 Å². The SMILES string of the molecule is CC(=O)N1CCN(S(=O)(=O)c2cc(Cl)c(Cl)cc2C)CC1. The lowest BCUT2D eigenvalue weighted by Gasteiger charge is -2.33. The zero-order valence-electron chi connectivity index (χ0n) is 11.8. The van der Waals surface area contributed by atoms with E-state index in [9.17, 15) is 13.2 Å². The lowest BCUT2D eigenvalue weighted by molar-refractivity contribution is -0.129. The van der Waals surface area contributed by atoms with Crippen molar-refractivity contribution in [2.45, 2.75) is 18.7 Å². The fourth-order valence-corrected chi connectivity index (χ4v) is 4.39. The Morgan fingerprint density at radius 1 is 1.10 bits per heavy atom. The summed E-state index contributed by atoms with van der Waals surface area (Å²) in [4.78, 5) is 13.1. The summed E-state index contributed by atoms with van der Waals surface area (Å²) in [6.45, 7) is 4.52. The molecule has 1 amide bonds. The van der Waals surface area contributed by atoms with Crippen LogP contribution in [0, 0.1) is 6.92 Å². The highest BCUT2D eigenvalue weighted by atomic mass is 35.5. The van der Waals surface area contributed by atoms with Crippen LogP contribution in [0.4, 0.5) is 0 Å². The highest BCUT2D eigenvalue weighted by Crippen LogP contribution is 2.30. The van der Waals surface area contributed by atoms with Gasteiger partial charge in [-0.15, -0.1) is 0 Å². The Morgan fingerprint density at radius 3 is 2.14 bits per heavy atom. The summed E-state index contributed by atoms with van der Waals surface area (Å²) < 4.78 is 26.7. The monoisotopic (exact) mass is 350 g/mol. The molecule has 1 aromatic carbocycles. The van der Waals surface area contributed by atoms with Crippen molar-refractivity contribution < 1.29 is 13.2 Å². The fourth-order valence-electron chi connectivity index (χ4n) is 2.29. The third kappa shape index (κ3) is 3.34. The van der Waals surface area contributed by atoms with E-state index in [1.165, 1.54) is 17.3 Å². The van der Waals surface area contributed by atoms with E-state index >= 15 is 0 Å². The third-order valence-electron chi connectivity index (χ3n) is 3.52. The fraction of sp³-hybridized carbons (Fsp3) is 0.462. The maximum Gasteiger partial charge on any atom is 0.243 e. The lowest BCUT2D eigenvalue weighted by atomic mass is 10.2. The molecule has 1 aromatic rings. The van der Waals surface area contributed by atoms with Crippen molar-refractivity contribution in [1.82, 2.24) is 9.21 Å². The van der Waals surface area contributed by atoms with Crippen LogP contribution in [0.15, 0.2) is 17.0 Å². The van der Waals surface area contributed by atoms with Crippen molar-refractivity contribution in [3.05, 3.63) is 27.7 Å². The molecule has 0 radical (unpaired) electrons. The molecule has 0 N–H and O–H groups in total. The van der Waals surface area contributed by atoms with Crippen LogP contribution < -0.4 is 0 Å². The zero-order chi connectivity index (χ0) is 15.8. The zero-order valence-corrected chi connectivity index (χ0v) is 14.1. The van der Waals surface area contributed by atoms with Gasteiger partial charge in [0.05, 0.1) is 14.9 Å². The molecule has 1 aliphatic heterocycles. The smallest absolute Gasteiger partial charge is 0.243 e. The van der Waals surface area contributed by atoms with Crippen LogP contribution in [0.5, 0.6) is 0 Å². The molecule has 21 heavy (non-hydrogen) atoms. The maximum absolute atomic E-state index is 12.7. The number of carbonyl (C=O) groups is 1. The van der Waals surface area contributed by atoms with Gasteiger partial charge >= 0.3 is 0 Å². The molecular formula is C13H16Cl2N2O3S. The average molecular weight is 351 g/mol. The maximum atomic E-state index is 12.7. The van der Waals surface area contributed by atoms with Crippen molar-refractivity contribution >= 4 is 39.1 Å². The molecule has 0 unspecified atom stereocenters. The topological polar surface area (TPSA) is 57.7 Å². The highest BCUT2D eigenvalue weighted by Gasteiger charge is 2.30. The van der Waals surface area contributed by atoms with Crippen LogP contribution in [-0.4, -0.2) is 49.7 Å². The molecule has 1 fully saturated rings. The van der Waals surface area contributed by atoms with Gasteiger partial charge < -0.3 is 4.90 Å². The molecule has 8 heteroatoms. The molecule has 1 aliphatic rings. The molecule has 1 saturated heterocycles.